The molecular weight excluding hydrogens is 458 g/mol. The van der Waals surface area contributed by atoms with Gasteiger partial charge in [-0.1, -0.05) is 6.08 Å². The van der Waals surface area contributed by atoms with Gasteiger partial charge in [0.1, 0.15) is 11.8 Å². The maximum absolute atomic E-state index is 12.0. The fourth-order valence-corrected chi connectivity index (χ4v) is 5.23. The van der Waals surface area contributed by atoms with Gasteiger partial charge in [-0.2, -0.15) is 5.10 Å². The Labute approximate surface area is 216 Å². The molecule has 202 valence electrons. The Balaban J connectivity index is 1.40. The minimum Gasteiger partial charge on any atom is -0.444 e. The summed E-state index contributed by atoms with van der Waals surface area (Å²) in [5.74, 6) is 0. The SMILES string of the molecule is CN(CCNC(=O)OC(C)(C)C)Cc1nn(C2CCCCO2)cc1C1=CCC(N2CCOCC2)CC1. The lowest BCUT2D eigenvalue weighted by Gasteiger charge is -2.36. The fourth-order valence-electron chi connectivity index (χ4n) is 5.23. The molecule has 1 amide bonds. The van der Waals surface area contributed by atoms with Crippen molar-refractivity contribution < 1.29 is 19.0 Å². The first-order valence-electron chi connectivity index (χ1n) is 13.6. The summed E-state index contributed by atoms with van der Waals surface area (Å²) < 4.78 is 19.0. The highest BCUT2D eigenvalue weighted by Gasteiger charge is 2.26. The van der Waals surface area contributed by atoms with Crippen molar-refractivity contribution >= 4 is 11.7 Å². The van der Waals surface area contributed by atoms with Crippen LogP contribution in [0.5, 0.6) is 0 Å². The van der Waals surface area contributed by atoms with E-state index < -0.39 is 5.60 Å². The molecule has 2 atom stereocenters. The smallest absolute Gasteiger partial charge is 0.407 e. The Morgan fingerprint density at radius 3 is 2.69 bits per heavy atom. The van der Waals surface area contributed by atoms with E-state index in [-0.39, 0.29) is 12.3 Å². The Bertz CT molecular complexity index is 881. The number of nitrogens with zero attached hydrogens (tertiary/aromatic N) is 4. The van der Waals surface area contributed by atoms with E-state index >= 15 is 0 Å². The summed E-state index contributed by atoms with van der Waals surface area (Å²) in [5.41, 5.74) is 3.24. The van der Waals surface area contributed by atoms with Crippen LogP contribution in [0.4, 0.5) is 4.79 Å². The lowest BCUT2D eigenvalue weighted by atomic mass is 9.90. The molecule has 4 rings (SSSR count). The summed E-state index contributed by atoms with van der Waals surface area (Å²) in [6, 6.07) is 0.611. The van der Waals surface area contributed by atoms with Crippen LogP contribution in [0, 0.1) is 0 Å². The normalized spacial score (nSPS) is 24.0. The van der Waals surface area contributed by atoms with Crippen molar-refractivity contribution in [3.8, 4) is 0 Å². The van der Waals surface area contributed by atoms with E-state index in [0.717, 1.165) is 70.8 Å². The number of ether oxygens (including phenoxy) is 3. The maximum atomic E-state index is 12.0. The third-order valence-corrected chi connectivity index (χ3v) is 7.13. The molecular formula is C27H45N5O4. The standard InChI is InChI=1S/C27H45N5O4/c1-27(2,3)36-26(33)28-12-13-30(4)20-24-23(19-32(29-24)25-7-5-6-16-35-25)21-8-10-22(11-9-21)31-14-17-34-18-15-31/h8,19,22,25H,5-7,9-18,20H2,1-4H3,(H,28,33). The number of nitrogens with one attached hydrogen (secondary N) is 1. The zero-order chi connectivity index (χ0) is 25.5. The highest BCUT2D eigenvalue weighted by molar-refractivity contribution is 5.68. The molecule has 2 aliphatic heterocycles. The molecule has 0 aromatic carbocycles. The summed E-state index contributed by atoms with van der Waals surface area (Å²) in [5, 5.41) is 7.87. The van der Waals surface area contributed by atoms with Gasteiger partial charge in [0.25, 0.3) is 0 Å². The van der Waals surface area contributed by atoms with E-state index in [0.29, 0.717) is 19.1 Å². The van der Waals surface area contributed by atoms with Crippen molar-refractivity contribution in [2.45, 2.75) is 83.7 Å². The number of rotatable bonds is 8. The monoisotopic (exact) mass is 503 g/mol. The van der Waals surface area contributed by atoms with E-state index in [1.54, 1.807) is 0 Å². The molecule has 36 heavy (non-hydrogen) atoms. The van der Waals surface area contributed by atoms with Crippen LogP contribution in [0.2, 0.25) is 0 Å². The molecule has 0 saturated carbocycles. The topological polar surface area (TPSA) is 81.1 Å². The first-order chi connectivity index (χ1) is 17.3. The van der Waals surface area contributed by atoms with Gasteiger partial charge in [0.2, 0.25) is 0 Å². The van der Waals surface area contributed by atoms with Crippen LogP contribution in [0.3, 0.4) is 0 Å². The molecule has 0 bridgehead atoms. The second kappa shape index (κ2) is 12.5. The van der Waals surface area contributed by atoms with Crippen molar-refractivity contribution in [3.05, 3.63) is 23.5 Å². The number of aromatic nitrogens is 2. The van der Waals surface area contributed by atoms with Gasteiger partial charge in [-0.25, -0.2) is 9.48 Å². The number of carbonyl (C=O) groups excluding carboxylic acids is 1. The van der Waals surface area contributed by atoms with Crippen LogP contribution in [-0.4, -0.2) is 90.4 Å². The maximum Gasteiger partial charge on any atom is 0.407 e. The largest absolute Gasteiger partial charge is 0.444 e. The second-order valence-corrected chi connectivity index (χ2v) is 11.3. The van der Waals surface area contributed by atoms with Gasteiger partial charge in [0, 0.05) is 57.1 Å². The fraction of sp³-hybridized carbons (Fsp3) is 0.778. The van der Waals surface area contributed by atoms with E-state index in [1.165, 1.54) is 24.0 Å². The number of carbonyl (C=O) groups is 1. The predicted octanol–water partition coefficient (Wildman–Crippen LogP) is 3.81. The summed E-state index contributed by atoms with van der Waals surface area (Å²) in [4.78, 5) is 16.8. The number of morpholine rings is 1. The highest BCUT2D eigenvalue weighted by atomic mass is 16.6. The number of allylic oxidation sites excluding steroid dienone is 1. The average molecular weight is 504 g/mol. The number of hydrogen-bond donors (Lipinski definition) is 1. The molecule has 0 spiro atoms. The van der Waals surface area contributed by atoms with Crippen molar-refractivity contribution in [2.24, 2.45) is 0 Å². The van der Waals surface area contributed by atoms with Crippen molar-refractivity contribution in [2.75, 3.05) is 53.0 Å². The molecule has 3 aliphatic rings. The van der Waals surface area contributed by atoms with Crippen LogP contribution in [0.1, 0.15) is 76.8 Å². The quantitative estimate of drug-likeness (QED) is 0.578. The summed E-state index contributed by atoms with van der Waals surface area (Å²) >= 11 is 0. The minimum atomic E-state index is -0.493. The number of hydrogen-bond acceptors (Lipinski definition) is 7. The lowest BCUT2D eigenvalue weighted by Crippen LogP contribution is -2.43. The van der Waals surface area contributed by atoms with Gasteiger partial charge in [-0.05, 0) is 71.9 Å². The van der Waals surface area contributed by atoms with E-state index in [2.05, 4.69) is 34.4 Å². The zero-order valence-corrected chi connectivity index (χ0v) is 22.6. The first kappa shape index (κ1) is 27.1. The minimum absolute atomic E-state index is 0.0238. The third kappa shape index (κ3) is 7.78. The molecule has 9 heteroatoms. The molecule has 0 radical (unpaired) electrons. The molecule has 3 heterocycles. The van der Waals surface area contributed by atoms with Crippen molar-refractivity contribution in [3.63, 3.8) is 0 Å². The molecule has 2 unspecified atom stereocenters. The summed E-state index contributed by atoms with van der Waals surface area (Å²) in [6.45, 7) is 12.1. The summed E-state index contributed by atoms with van der Waals surface area (Å²) in [7, 11) is 2.07. The zero-order valence-electron chi connectivity index (χ0n) is 22.6. The van der Waals surface area contributed by atoms with Crippen LogP contribution in [0.15, 0.2) is 12.3 Å². The molecule has 1 N–H and O–H groups in total. The predicted molar refractivity (Wildman–Crippen MR) is 140 cm³/mol. The number of alkyl carbamates (subject to hydrolysis) is 1. The highest BCUT2D eigenvalue weighted by Crippen LogP contribution is 2.33. The van der Waals surface area contributed by atoms with Gasteiger partial charge in [-0.15, -0.1) is 0 Å². The van der Waals surface area contributed by atoms with Crippen LogP contribution < -0.4 is 5.32 Å². The van der Waals surface area contributed by atoms with Crippen molar-refractivity contribution in [1.29, 1.82) is 0 Å². The van der Waals surface area contributed by atoms with E-state index in [1.807, 2.05) is 25.5 Å². The summed E-state index contributed by atoms with van der Waals surface area (Å²) in [6.07, 6.45) is 10.9. The molecule has 1 aromatic heterocycles. The van der Waals surface area contributed by atoms with Gasteiger partial charge < -0.3 is 19.5 Å². The Morgan fingerprint density at radius 2 is 2.03 bits per heavy atom. The van der Waals surface area contributed by atoms with Gasteiger partial charge in [0.15, 0.2) is 0 Å². The molecule has 1 aliphatic carbocycles. The molecule has 2 fully saturated rings. The molecule has 1 aromatic rings. The Hall–Kier alpha value is -1.94. The number of likely N-dealkylation sites (N-methyl/N-ethyl adjacent to an activating group) is 1. The van der Waals surface area contributed by atoms with Crippen molar-refractivity contribution in [1.82, 2.24) is 24.9 Å². The van der Waals surface area contributed by atoms with Crippen LogP contribution in [0.25, 0.3) is 5.57 Å². The first-order valence-corrected chi connectivity index (χ1v) is 13.6. The number of amides is 1. The van der Waals surface area contributed by atoms with Crippen LogP contribution >= 0.6 is 0 Å². The van der Waals surface area contributed by atoms with Gasteiger partial charge in [-0.3, -0.25) is 9.80 Å². The van der Waals surface area contributed by atoms with Gasteiger partial charge in [0.05, 0.1) is 18.9 Å². The van der Waals surface area contributed by atoms with E-state index in [9.17, 15) is 4.79 Å². The lowest BCUT2D eigenvalue weighted by molar-refractivity contribution is -0.0397. The van der Waals surface area contributed by atoms with Crippen LogP contribution in [-0.2, 0) is 20.8 Å². The van der Waals surface area contributed by atoms with Gasteiger partial charge >= 0.3 is 6.09 Å². The molecule has 9 nitrogen and oxygen atoms in total. The average Bonchev–Trinajstić information content (AvgIpc) is 3.28. The molecule has 2 saturated heterocycles. The Kier molecular flexibility index (Phi) is 9.44. The second-order valence-electron chi connectivity index (χ2n) is 11.3. The van der Waals surface area contributed by atoms with E-state index in [4.69, 9.17) is 19.3 Å². The Morgan fingerprint density at radius 1 is 1.22 bits per heavy atom. The third-order valence-electron chi connectivity index (χ3n) is 7.13.